The van der Waals surface area contributed by atoms with Crippen molar-refractivity contribution < 1.29 is 18.3 Å². The Morgan fingerprint density at radius 3 is 2.91 bits per heavy atom. The number of furan rings is 1. The summed E-state index contributed by atoms with van der Waals surface area (Å²) in [4.78, 5) is 12.1. The van der Waals surface area contributed by atoms with Crippen LogP contribution >= 0.6 is 0 Å². The molecular formula is C18H16FNO3. The fourth-order valence-electron chi connectivity index (χ4n) is 2.41. The van der Waals surface area contributed by atoms with Crippen LogP contribution in [0.2, 0.25) is 0 Å². The van der Waals surface area contributed by atoms with Gasteiger partial charge in [0.2, 0.25) is 5.91 Å². The van der Waals surface area contributed by atoms with Crippen molar-refractivity contribution in [2.75, 3.05) is 7.11 Å². The summed E-state index contributed by atoms with van der Waals surface area (Å²) in [6, 6.07) is 11.6. The van der Waals surface area contributed by atoms with Crippen LogP contribution in [0.3, 0.4) is 0 Å². The van der Waals surface area contributed by atoms with Gasteiger partial charge in [-0.15, -0.1) is 0 Å². The van der Waals surface area contributed by atoms with E-state index in [2.05, 4.69) is 5.32 Å². The van der Waals surface area contributed by atoms with E-state index in [1.807, 2.05) is 12.1 Å². The number of hydrogen-bond acceptors (Lipinski definition) is 3. The van der Waals surface area contributed by atoms with E-state index in [-0.39, 0.29) is 18.1 Å². The summed E-state index contributed by atoms with van der Waals surface area (Å²) in [6.45, 7) is 0.292. The highest BCUT2D eigenvalue weighted by Crippen LogP contribution is 2.25. The van der Waals surface area contributed by atoms with E-state index in [1.165, 1.54) is 12.1 Å². The molecule has 3 rings (SSSR count). The summed E-state index contributed by atoms with van der Waals surface area (Å²) < 4.78 is 23.7. The monoisotopic (exact) mass is 313 g/mol. The number of amides is 1. The number of carbonyl (C=O) groups excluding carboxylic acids is 1. The minimum atomic E-state index is -0.313. The van der Waals surface area contributed by atoms with E-state index in [0.29, 0.717) is 17.9 Å². The molecule has 23 heavy (non-hydrogen) atoms. The van der Waals surface area contributed by atoms with Crippen LogP contribution < -0.4 is 10.1 Å². The second-order valence-corrected chi connectivity index (χ2v) is 5.21. The molecule has 0 radical (unpaired) electrons. The molecule has 2 aromatic carbocycles. The van der Waals surface area contributed by atoms with Gasteiger partial charge < -0.3 is 14.5 Å². The maximum absolute atomic E-state index is 13.1. The molecule has 118 valence electrons. The first-order valence-electron chi connectivity index (χ1n) is 7.21. The van der Waals surface area contributed by atoms with Gasteiger partial charge in [0.25, 0.3) is 0 Å². The molecule has 4 nitrogen and oxygen atoms in total. The zero-order valence-corrected chi connectivity index (χ0v) is 12.6. The molecule has 0 aliphatic heterocycles. The molecule has 0 unspecified atom stereocenters. The fourth-order valence-corrected chi connectivity index (χ4v) is 2.41. The van der Waals surface area contributed by atoms with E-state index in [4.69, 9.17) is 9.15 Å². The molecule has 1 amide bonds. The van der Waals surface area contributed by atoms with Crippen molar-refractivity contribution in [2.45, 2.75) is 13.0 Å². The van der Waals surface area contributed by atoms with E-state index in [0.717, 1.165) is 16.5 Å². The highest BCUT2D eigenvalue weighted by Gasteiger charge is 2.11. The molecule has 0 saturated heterocycles. The van der Waals surface area contributed by atoms with Gasteiger partial charge in [-0.25, -0.2) is 4.39 Å². The lowest BCUT2D eigenvalue weighted by Crippen LogP contribution is -2.24. The Morgan fingerprint density at radius 2 is 2.13 bits per heavy atom. The van der Waals surface area contributed by atoms with Crippen LogP contribution in [0.5, 0.6) is 5.75 Å². The average molecular weight is 313 g/mol. The quantitative estimate of drug-likeness (QED) is 0.785. The van der Waals surface area contributed by atoms with Crippen LogP contribution in [-0.2, 0) is 17.8 Å². The Morgan fingerprint density at radius 1 is 1.26 bits per heavy atom. The van der Waals surface area contributed by atoms with Crippen LogP contribution in [-0.4, -0.2) is 13.0 Å². The Balaban J connectivity index is 1.66. The summed E-state index contributed by atoms with van der Waals surface area (Å²) in [5.74, 6) is 0.244. The summed E-state index contributed by atoms with van der Waals surface area (Å²) >= 11 is 0. The van der Waals surface area contributed by atoms with Crippen molar-refractivity contribution in [3.05, 3.63) is 65.7 Å². The molecule has 0 aliphatic rings. The minimum absolute atomic E-state index is 0.146. The van der Waals surface area contributed by atoms with Crippen molar-refractivity contribution in [3.8, 4) is 5.75 Å². The predicted octanol–water partition coefficient (Wildman–Crippen LogP) is 3.44. The first-order valence-corrected chi connectivity index (χ1v) is 7.21. The van der Waals surface area contributed by atoms with Gasteiger partial charge in [0, 0.05) is 23.6 Å². The SMILES string of the molecule is COc1ccc2c(CC(=O)NCc3cccc(F)c3)coc2c1. The van der Waals surface area contributed by atoms with Crippen molar-refractivity contribution >= 4 is 16.9 Å². The van der Waals surface area contributed by atoms with Crippen LogP contribution in [0.15, 0.2) is 53.1 Å². The highest BCUT2D eigenvalue weighted by atomic mass is 19.1. The standard InChI is InChI=1S/C18H16FNO3/c1-22-15-5-6-16-13(11-23-17(16)9-15)8-18(21)20-10-12-3-2-4-14(19)7-12/h2-7,9,11H,8,10H2,1H3,(H,20,21). The van der Waals surface area contributed by atoms with Gasteiger partial charge in [-0.1, -0.05) is 12.1 Å². The molecule has 0 atom stereocenters. The van der Waals surface area contributed by atoms with Gasteiger partial charge in [-0.2, -0.15) is 0 Å². The number of methoxy groups -OCH3 is 1. The highest BCUT2D eigenvalue weighted by molar-refractivity contribution is 5.88. The summed E-state index contributed by atoms with van der Waals surface area (Å²) in [7, 11) is 1.59. The molecule has 0 fully saturated rings. The van der Waals surface area contributed by atoms with Gasteiger partial charge in [-0.05, 0) is 29.8 Å². The van der Waals surface area contributed by atoms with Crippen LogP contribution in [0.1, 0.15) is 11.1 Å². The van der Waals surface area contributed by atoms with Crippen LogP contribution in [0.25, 0.3) is 11.0 Å². The number of ether oxygens (including phenoxy) is 1. The summed E-state index contributed by atoms with van der Waals surface area (Å²) in [6.07, 6.45) is 1.78. The minimum Gasteiger partial charge on any atom is -0.497 e. The number of halogens is 1. The van der Waals surface area contributed by atoms with E-state index in [9.17, 15) is 9.18 Å². The van der Waals surface area contributed by atoms with Gasteiger partial charge >= 0.3 is 0 Å². The van der Waals surface area contributed by atoms with E-state index >= 15 is 0 Å². The maximum atomic E-state index is 13.1. The Kier molecular flexibility index (Phi) is 4.28. The number of hydrogen-bond donors (Lipinski definition) is 1. The molecule has 3 aromatic rings. The van der Waals surface area contributed by atoms with Gasteiger partial charge in [-0.3, -0.25) is 4.79 Å². The third-order valence-corrected chi connectivity index (χ3v) is 3.59. The maximum Gasteiger partial charge on any atom is 0.224 e. The fraction of sp³-hybridized carbons (Fsp3) is 0.167. The number of benzene rings is 2. The lowest BCUT2D eigenvalue weighted by molar-refractivity contribution is -0.120. The molecule has 0 bridgehead atoms. The van der Waals surface area contributed by atoms with E-state index < -0.39 is 0 Å². The topological polar surface area (TPSA) is 51.5 Å². The first kappa shape index (κ1) is 15.1. The van der Waals surface area contributed by atoms with Gasteiger partial charge in [0.05, 0.1) is 19.8 Å². The lowest BCUT2D eigenvalue weighted by Gasteiger charge is -2.05. The van der Waals surface area contributed by atoms with Crippen molar-refractivity contribution in [1.29, 1.82) is 0 Å². The second kappa shape index (κ2) is 6.52. The predicted molar refractivity (Wildman–Crippen MR) is 84.7 cm³/mol. The Bertz CT molecular complexity index is 841. The molecule has 0 saturated carbocycles. The zero-order valence-electron chi connectivity index (χ0n) is 12.6. The van der Waals surface area contributed by atoms with Crippen molar-refractivity contribution in [2.24, 2.45) is 0 Å². The van der Waals surface area contributed by atoms with E-state index in [1.54, 1.807) is 31.6 Å². The number of carbonyl (C=O) groups is 1. The van der Waals surface area contributed by atoms with Crippen LogP contribution in [0, 0.1) is 5.82 Å². The molecule has 1 aromatic heterocycles. The first-order chi connectivity index (χ1) is 11.2. The Labute approximate surface area is 132 Å². The molecule has 1 N–H and O–H groups in total. The number of nitrogens with one attached hydrogen (secondary N) is 1. The zero-order chi connectivity index (χ0) is 16.2. The third-order valence-electron chi connectivity index (χ3n) is 3.59. The molecular weight excluding hydrogens is 297 g/mol. The van der Waals surface area contributed by atoms with Gasteiger partial charge in [0.1, 0.15) is 17.1 Å². The third kappa shape index (κ3) is 3.51. The van der Waals surface area contributed by atoms with Crippen LogP contribution in [0.4, 0.5) is 4.39 Å². The normalized spacial score (nSPS) is 10.7. The van der Waals surface area contributed by atoms with Crippen molar-refractivity contribution in [1.82, 2.24) is 5.32 Å². The largest absolute Gasteiger partial charge is 0.497 e. The molecule has 1 heterocycles. The summed E-state index contributed by atoms with van der Waals surface area (Å²) in [5, 5.41) is 3.66. The number of rotatable bonds is 5. The summed E-state index contributed by atoms with van der Waals surface area (Å²) in [5.41, 5.74) is 2.21. The number of fused-ring (bicyclic) bond motifs is 1. The molecule has 5 heteroatoms. The molecule has 0 spiro atoms. The lowest BCUT2D eigenvalue weighted by atomic mass is 10.1. The molecule has 0 aliphatic carbocycles. The Hall–Kier alpha value is -2.82. The average Bonchev–Trinajstić information content (AvgIpc) is 2.95. The van der Waals surface area contributed by atoms with Gasteiger partial charge in [0.15, 0.2) is 0 Å². The van der Waals surface area contributed by atoms with Crippen molar-refractivity contribution in [3.63, 3.8) is 0 Å². The second-order valence-electron chi connectivity index (χ2n) is 5.21. The smallest absolute Gasteiger partial charge is 0.224 e.